The molecule has 16 heavy (non-hydrogen) atoms. The summed E-state index contributed by atoms with van der Waals surface area (Å²) >= 11 is 0. The van der Waals surface area contributed by atoms with Gasteiger partial charge >= 0.3 is 0 Å². The van der Waals surface area contributed by atoms with Crippen LogP contribution in [0.25, 0.3) is 0 Å². The smallest absolute Gasteiger partial charge is 0.119 e. The molecule has 4 nitrogen and oxygen atoms in total. The maximum Gasteiger partial charge on any atom is 0.119 e. The van der Waals surface area contributed by atoms with E-state index in [4.69, 9.17) is 0 Å². The van der Waals surface area contributed by atoms with Crippen molar-refractivity contribution >= 4 is 5.71 Å². The van der Waals surface area contributed by atoms with Gasteiger partial charge in [0.15, 0.2) is 0 Å². The van der Waals surface area contributed by atoms with Gasteiger partial charge in [0.1, 0.15) is 11.5 Å². The van der Waals surface area contributed by atoms with Crippen LogP contribution in [-0.4, -0.2) is 28.0 Å². The Morgan fingerprint density at radius 3 is 2.81 bits per heavy atom. The summed E-state index contributed by atoms with van der Waals surface area (Å²) < 4.78 is 0. The SMILES string of the molecule is C\C=C/C(O)=C\C(=N\C)c1cc(O)ccn1. The number of aromatic nitrogens is 1. The number of aromatic hydroxyl groups is 1. The van der Waals surface area contributed by atoms with Crippen molar-refractivity contribution in [2.24, 2.45) is 4.99 Å². The van der Waals surface area contributed by atoms with Gasteiger partial charge in [0.25, 0.3) is 0 Å². The molecule has 0 aromatic carbocycles. The van der Waals surface area contributed by atoms with Crippen molar-refractivity contribution in [3.05, 3.63) is 48.0 Å². The number of aliphatic hydroxyl groups excluding tert-OH is 1. The van der Waals surface area contributed by atoms with Crippen LogP contribution in [0.15, 0.2) is 47.3 Å². The summed E-state index contributed by atoms with van der Waals surface area (Å²) in [6, 6.07) is 2.97. The predicted octanol–water partition coefficient (Wildman–Crippen LogP) is 2.22. The molecule has 2 N–H and O–H groups in total. The second-order valence-electron chi connectivity index (χ2n) is 3.08. The lowest BCUT2D eigenvalue weighted by atomic mass is 10.2. The largest absolute Gasteiger partial charge is 0.508 e. The Morgan fingerprint density at radius 1 is 1.50 bits per heavy atom. The number of hydrogen-bond acceptors (Lipinski definition) is 4. The molecule has 1 heterocycles. The first-order chi connectivity index (χ1) is 7.67. The first kappa shape index (κ1) is 12.0. The number of nitrogens with zero attached hydrogens (tertiary/aromatic N) is 2. The van der Waals surface area contributed by atoms with Crippen molar-refractivity contribution in [1.82, 2.24) is 4.98 Å². The van der Waals surface area contributed by atoms with Gasteiger partial charge in [-0.2, -0.15) is 0 Å². The van der Waals surface area contributed by atoms with Gasteiger partial charge in [-0.3, -0.25) is 9.98 Å². The Morgan fingerprint density at radius 2 is 2.25 bits per heavy atom. The lowest BCUT2D eigenvalue weighted by Gasteiger charge is -2.00. The molecule has 0 spiro atoms. The number of rotatable bonds is 3. The van der Waals surface area contributed by atoms with E-state index in [-0.39, 0.29) is 11.5 Å². The third-order valence-corrected chi connectivity index (χ3v) is 1.87. The van der Waals surface area contributed by atoms with E-state index >= 15 is 0 Å². The maximum absolute atomic E-state index is 9.48. The summed E-state index contributed by atoms with van der Waals surface area (Å²) in [7, 11) is 1.60. The second-order valence-corrected chi connectivity index (χ2v) is 3.08. The number of pyridine rings is 1. The van der Waals surface area contributed by atoms with E-state index in [1.54, 1.807) is 26.1 Å². The average Bonchev–Trinajstić information content (AvgIpc) is 2.26. The molecule has 1 aromatic rings. The lowest BCUT2D eigenvalue weighted by molar-refractivity contribution is 0.433. The highest BCUT2D eigenvalue weighted by Crippen LogP contribution is 2.10. The monoisotopic (exact) mass is 218 g/mol. The van der Waals surface area contributed by atoms with Crippen LogP contribution in [0.4, 0.5) is 0 Å². The van der Waals surface area contributed by atoms with Crippen molar-refractivity contribution in [3.8, 4) is 5.75 Å². The molecule has 0 aliphatic carbocycles. The fourth-order valence-electron chi connectivity index (χ4n) is 1.17. The molecule has 0 aliphatic rings. The Kier molecular flexibility index (Phi) is 4.27. The Hall–Kier alpha value is -2.10. The summed E-state index contributed by atoms with van der Waals surface area (Å²) in [6.45, 7) is 1.80. The Bertz CT molecular complexity index is 448. The van der Waals surface area contributed by atoms with Crippen molar-refractivity contribution in [1.29, 1.82) is 0 Å². The molecule has 0 amide bonds. The maximum atomic E-state index is 9.48. The third-order valence-electron chi connectivity index (χ3n) is 1.87. The average molecular weight is 218 g/mol. The number of hydrogen-bond donors (Lipinski definition) is 2. The summed E-state index contributed by atoms with van der Waals surface area (Å²) in [5.41, 5.74) is 1.02. The van der Waals surface area contributed by atoms with Crippen LogP contribution < -0.4 is 0 Å². The molecule has 1 aromatic heterocycles. The first-order valence-corrected chi connectivity index (χ1v) is 4.83. The molecule has 0 aliphatic heterocycles. The van der Waals surface area contributed by atoms with Crippen LogP contribution in [0.5, 0.6) is 5.75 Å². The molecule has 0 bridgehead atoms. The van der Waals surface area contributed by atoms with Crippen molar-refractivity contribution < 1.29 is 10.2 Å². The van der Waals surface area contributed by atoms with Crippen LogP contribution in [-0.2, 0) is 0 Å². The van der Waals surface area contributed by atoms with Crippen LogP contribution in [0, 0.1) is 0 Å². The molecule has 0 saturated carbocycles. The third kappa shape index (κ3) is 3.24. The molecule has 0 atom stereocenters. The summed E-state index contributed by atoms with van der Waals surface area (Å²) in [6.07, 6.45) is 6.24. The normalized spacial score (nSPS) is 13.4. The minimum Gasteiger partial charge on any atom is -0.508 e. The number of allylic oxidation sites excluding steroid dienone is 3. The van der Waals surface area contributed by atoms with Gasteiger partial charge < -0.3 is 10.2 Å². The van der Waals surface area contributed by atoms with E-state index in [0.29, 0.717) is 11.4 Å². The zero-order valence-corrected chi connectivity index (χ0v) is 9.25. The lowest BCUT2D eigenvalue weighted by Crippen LogP contribution is -2.00. The van der Waals surface area contributed by atoms with Gasteiger partial charge in [-0.05, 0) is 19.1 Å². The highest BCUT2D eigenvalue weighted by molar-refractivity contribution is 6.07. The van der Waals surface area contributed by atoms with E-state index in [1.165, 1.54) is 24.4 Å². The fourth-order valence-corrected chi connectivity index (χ4v) is 1.17. The topological polar surface area (TPSA) is 65.7 Å². The first-order valence-electron chi connectivity index (χ1n) is 4.83. The summed E-state index contributed by atoms with van der Waals surface area (Å²) in [4.78, 5) is 8.05. The molecule has 0 radical (unpaired) electrons. The molecular formula is C12H14N2O2. The minimum atomic E-state index is 0.0910. The number of aliphatic hydroxyl groups is 1. The van der Waals surface area contributed by atoms with Crippen LogP contribution in [0.1, 0.15) is 12.6 Å². The summed E-state index contributed by atoms with van der Waals surface area (Å²) in [5, 5.41) is 18.8. The van der Waals surface area contributed by atoms with Crippen molar-refractivity contribution in [2.75, 3.05) is 7.05 Å². The molecule has 1 rings (SSSR count). The van der Waals surface area contributed by atoms with E-state index in [9.17, 15) is 10.2 Å². The Labute approximate surface area is 94.3 Å². The van der Waals surface area contributed by atoms with Crippen molar-refractivity contribution in [3.63, 3.8) is 0 Å². The highest BCUT2D eigenvalue weighted by Gasteiger charge is 2.03. The van der Waals surface area contributed by atoms with Crippen LogP contribution in [0.3, 0.4) is 0 Å². The predicted molar refractivity (Wildman–Crippen MR) is 63.9 cm³/mol. The molecule has 0 saturated heterocycles. The quantitative estimate of drug-likeness (QED) is 0.464. The van der Waals surface area contributed by atoms with Crippen molar-refractivity contribution in [2.45, 2.75) is 6.92 Å². The van der Waals surface area contributed by atoms with Gasteiger partial charge in [-0.15, -0.1) is 0 Å². The zero-order chi connectivity index (χ0) is 12.0. The molecular weight excluding hydrogens is 204 g/mol. The standard InChI is InChI=1S/C12H14N2O2/c1-3-4-9(15)7-11(13-2)12-8-10(16)5-6-14-12/h3-8,15H,1-2H3,(H,14,16)/b4-3-,9-7+,13-11-. The van der Waals surface area contributed by atoms with Gasteiger partial charge in [-0.1, -0.05) is 6.08 Å². The molecule has 4 heteroatoms. The highest BCUT2D eigenvalue weighted by atomic mass is 16.3. The molecule has 84 valence electrons. The minimum absolute atomic E-state index is 0.0910. The summed E-state index contributed by atoms with van der Waals surface area (Å²) in [5.74, 6) is 0.207. The van der Waals surface area contributed by atoms with Crippen LogP contribution in [0.2, 0.25) is 0 Å². The fraction of sp³-hybridized carbons (Fsp3) is 0.167. The number of aliphatic imine (C=N–C) groups is 1. The second kappa shape index (κ2) is 5.70. The molecule has 0 fully saturated rings. The zero-order valence-electron chi connectivity index (χ0n) is 9.25. The van der Waals surface area contributed by atoms with E-state index in [1.807, 2.05) is 0 Å². The van der Waals surface area contributed by atoms with Gasteiger partial charge in [-0.25, -0.2) is 0 Å². The van der Waals surface area contributed by atoms with Crippen LogP contribution >= 0.6 is 0 Å². The van der Waals surface area contributed by atoms with E-state index in [2.05, 4.69) is 9.98 Å². The van der Waals surface area contributed by atoms with E-state index in [0.717, 1.165) is 0 Å². The van der Waals surface area contributed by atoms with Gasteiger partial charge in [0.05, 0.1) is 11.4 Å². The molecule has 0 unspecified atom stereocenters. The van der Waals surface area contributed by atoms with Gasteiger partial charge in [0, 0.05) is 25.4 Å². The van der Waals surface area contributed by atoms with Gasteiger partial charge in [0.2, 0.25) is 0 Å². The Balaban J connectivity index is 3.05. The van der Waals surface area contributed by atoms with E-state index < -0.39 is 0 Å².